The monoisotopic (exact) mass is 802 g/mol. The number of allylic oxidation sites excluding steroid dienone is 4. The lowest BCUT2D eigenvalue weighted by Crippen LogP contribution is -2.37. The number of phosphoric acid groups is 1. The van der Waals surface area contributed by atoms with Crippen LogP contribution in [0.3, 0.4) is 0 Å². The zero-order valence-corrected chi connectivity index (χ0v) is 35.9. The van der Waals surface area contributed by atoms with Crippen molar-refractivity contribution in [3.8, 4) is 0 Å². The van der Waals surface area contributed by atoms with Gasteiger partial charge in [0, 0.05) is 12.8 Å². The van der Waals surface area contributed by atoms with Crippen molar-refractivity contribution in [2.45, 2.75) is 206 Å². The highest BCUT2D eigenvalue weighted by atomic mass is 31.2. The highest BCUT2D eigenvalue weighted by Gasteiger charge is 2.28. The van der Waals surface area contributed by atoms with Crippen LogP contribution in [0.5, 0.6) is 0 Å². The summed E-state index contributed by atoms with van der Waals surface area (Å²) < 4.78 is 33.1. The molecule has 0 bridgehead atoms. The zero-order chi connectivity index (χ0) is 40.7. The summed E-state index contributed by atoms with van der Waals surface area (Å²) in [6.45, 7) is 2.95. The first-order valence-corrected chi connectivity index (χ1v) is 23.3. The molecule has 0 amide bonds. The fraction of sp³-hybridized carbons (Fsp3) is 0.837. The summed E-state index contributed by atoms with van der Waals surface area (Å²) in [5.74, 6) is -2.23. The largest absolute Gasteiger partial charge is 0.480 e. The molecule has 3 atom stereocenters. The standard InChI is InChI=1S/C43H80NO10P/c1-4-6-8-10-12-14-16-18-20-22-24-26-28-30-32-34-41(45)51-36-39(37-52-55(49,50)53-38-40(44-3)43(47)48)54-42(46)35-33-31-29-27-25-23-21-19-17-15-13-11-9-7-5-2/h18-21,39-40,44H,4-17,22-38H2,1-3H3,(H,47,48)(H,49,50)/b20-18-,21-19-. The van der Waals surface area contributed by atoms with Crippen LogP contribution in [0.1, 0.15) is 194 Å². The third-order valence-electron chi connectivity index (χ3n) is 9.49. The number of unbranched alkanes of at least 4 members (excludes halogenated alkanes) is 22. The van der Waals surface area contributed by atoms with E-state index in [2.05, 4.69) is 43.5 Å². The van der Waals surface area contributed by atoms with Gasteiger partial charge in [-0.3, -0.25) is 23.4 Å². The number of phosphoric ester groups is 1. The lowest BCUT2D eigenvalue weighted by Gasteiger charge is -2.20. The summed E-state index contributed by atoms with van der Waals surface area (Å²) in [6, 6.07) is -1.22. The van der Waals surface area contributed by atoms with E-state index in [1.54, 1.807) is 0 Å². The minimum Gasteiger partial charge on any atom is -0.480 e. The van der Waals surface area contributed by atoms with Crippen molar-refractivity contribution in [1.82, 2.24) is 5.32 Å². The molecular formula is C43H80NO10P. The van der Waals surface area contributed by atoms with Crippen LogP contribution in [0.15, 0.2) is 24.3 Å². The van der Waals surface area contributed by atoms with Gasteiger partial charge in [0.05, 0.1) is 13.2 Å². The zero-order valence-electron chi connectivity index (χ0n) is 35.0. The predicted octanol–water partition coefficient (Wildman–Crippen LogP) is 11.3. The summed E-state index contributed by atoms with van der Waals surface area (Å²) in [4.78, 5) is 46.4. The average molecular weight is 802 g/mol. The minimum absolute atomic E-state index is 0.160. The molecule has 0 aromatic rings. The Balaban J connectivity index is 4.46. The number of carboxylic acids is 1. The van der Waals surface area contributed by atoms with Gasteiger partial charge in [0.25, 0.3) is 0 Å². The number of likely N-dealkylation sites (N-methyl/N-ethyl adjacent to an activating group) is 1. The molecule has 0 heterocycles. The number of carbonyl (C=O) groups excluding carboxylic acids is 2. The maximum atomic E-state index is 12.6. The van der Waals surface area contributed by atoms with E-state index in [-0.39, 0.29) is 19.4 Å². The second kappa shape index (κ2) is 38.8. The number of nitrogens with one attached hydrogen (secondary N) is 1. The van der Waals surface area contributed by atoms with Crippen molar-refractivity contribution in [2.75, 3.05) is 26.9 Å². The molecule has 0 saturated carbocycles. The molecule has 0 aliphatic heterocycles. The van der Waals surface area contributed by atoms with Crippen LogP contribution in [0.25, 0.3) is 0 Å². The summed E-state index contributed by atoms with van der Waals surface area (Å²) in [5.41, 5.74) is 0. The predicted molar refractivity (Wildman–Crippen MR) is 222 cm³/mol. The van der Waals surface area contributed by atoms with E-state index in [0.29, 0.717) is 12.8 Å². The molecule has 0 spiro atoms. The van der Waals surface area contributed by atoms with E-state index in [1.807, 2.05) is 0 Å². The molecule has 322 valence electrons. The van der Waals surface area contributed by atoms with Crippen LogP contribution >= 0.6 is 7.82 Å². The van der Waals surface area contributed by atoms with E-state index in [1.165, 1.54) is 84.1 Å². The van der Waals surface area contributed by atoms with Gasteiger partial charge in [-0.2, -0.15) is 0 Å². The van der Waals surface area contributed by atoms with Crippen molar-refractivity contribution in [3.05, 3.63) is 24.3 Å². The smallest absolute Gasteiger partial charge is 0.472 e. The Labute approximate surface area is 334 Å². The number of carboxylic acid groups (broad SMARTS) is 1. The van der Waals surface area contributed by atoms with Gasteiger partial charge in [0.15, 0.2) is 6.10 Å². The van der Waals surface area contributed by atoms with Gasteiger partial charge < -0.3 is 24.8 Å². The Morgan fingerprint density at radius 3 is 1.36 bits per heavy atom. The van der Waals surface area contributed by atoms with Gasteiger partial charge in [-0.1, -0.05) is 141 Å². The van der Waals surface area contributed by atoms with Crippen LogP contribution in [-0.2, 0) is 37.5 Å². The summed E-state index contributed by atoms with van der Waals surface area (Å²) in [6.07, 6.45) is 38.2. The van der Waals surface area contributed by atoms with Gasteiger partial charge in [0.2, 0.25) is 0 Å². The second-order valence-corrected chi connectivity index (χ2v) is 16.2. The normalized spacial score (nSPS) is 14.0. The number of aliphatic carboxylic acids is 1. The van der Waals surface area contributed by atoms with Gasteiger partial charge in [-0.05, 0) is 71.3 Å². The molecular weight excluding hydrogens is 721 g/mol. The fourth-order valence-corrected chi connectivity index (χ4v) is 6.73. The lowest BCUT2D eigenvalue weighted by atomic mass is 10.1. The molecule has 11 nitrogen and oxygen atoms in total. The molecule has 0 aromatic heterocycles. The minimum atomic E-state index is -4.69. The number of rotatable bonds is 41. The summed E-state index contributed by atoms with van der Waals surface area (Å²) >= 11 is 0. The average Bonchev–Trinajstić information content (AvgIpc) is 3.16. The van der Waals surface area contributed by atoms with Crippen LogP contribution in [0.2, 0.25) is 0 Å². The number of hydrogen-bond donors (Lipinski definition) is 3. The number of hydrogen-bond acceptors (Lipinski definition) is 9. The molecule has 12 heteroatoms. The SMILES string of the molecule is CCCCCCCC/C=C\CCCCCCCC(=O)OCC(COP(=O)(O)OCC(NC)C(=O)O)OC(=O)CCCCCCC/C=C\CCCCCCCC. The first kappa shape index (κ1) is 53.0. The lowest BCUT2D eigenvalue weighted by molar-refractivity contribution is -0.161. The van der Waals surface area contributed by atoms with E-state index in [4.69, 9.17) is 23.6 Å². The van der Waals surface area contributed by atoms with Crippen molar-refractivity contribution in [2.24, 2.45) is 0 Å². The molecule has 0 saturated heterocycles. The fourth-order valence-electron chi connectivity index (χ4n) is 5.96. The van der Waals surface area contributed by atoms with E-state index >= 15 is 0 Å². The molecule has 0 aliphatic carbocycles. The number of carbonyl (C=O) groups is 3. The Bertz CT molecular complexity index is 1040. The van der Waals surface area contributed by atoms with Gasteiger partial charge in [0.1, 0.15) is 12.6 Å². The molecule has 0 rings (SSSR count). The third-order valence-corrected chi connectivity index (χ3v) is 10.4. The Morgan fingerprint density at radius 2 is 0.945 bits per heavy atom. The van der Waals surface area contributed by atoms with Crippen LogP contribution in [0, 0.1) is 0 Å². The first-order chi connectivity index (χ1) is 26.6. The maximum absolute atomic E-state index is 12.6. The van der Waals surface area contributed by atoms with E-state index in [9.17, 15) is 23.8 Å². The maximum Gasteiger partial charge on any atom is 0.472 e. The van der Waals surface area contributed by atoms with Gasteiger partial charge >= 0.3 is 25.7 Å². The second-order valence-electron chi connectivity index (χ2n) is 14.7. The number of esters is 2. The molecule has 3 unspecified atom stereocenters. The topological polar surface area (TPSA) is 158 Å². The van der Waals surface area contributed by atoms with Gasteiger partial charge in [-0.25, -0.2) is 4.57 Å². The Kier molecular flexibility index (Phi) is 37.4. The van der Waals surface area contributed by atoms with Crippen molar-refractivity contribution >= 4 is 25.7 Å². The molecule has 55 heavy (non-hydrogen) atoms. The molecule has 0 aliphatic rings. The molecule has 0 aromatic carbocycles. The quantitative estimate of drug-likeness (QED) is 0.0234. The Hall–Kier alpha value is -2.04. The number of ether oxygens (including phenoxy) is 2. The highest BCUT2D eigenvalue weighted by molar-refractivity contribution is 7.47. The third kappa shape index (κ3) is 37.3. The van der Waals surface area contributed by atoms with Crippen molar-refractivity contribution < 1.29 is 47.5 Å². The summed E-state index contributed by atoms with van der Waals surface area (Å²) in [7, 11) is -3.31. The van der Waals surface area contributed by atoms with Crippen LogP contribution in [0.4, 0.5) is 0 Å². The van der Waals surface area contributed by atoms with E-state index < -0.39 is 51.1 Å². The van der Waals surface area contributed by atoms with Crippen LogP contribution < -0.4 is 5.32 Å². The molecule has 0 fully saturated rings. The van der Waals surface area contributed by atoms with Gasteiger partial charge in [-0.15, -0.1) is 0 Å². The first-order valence-electron chi connectivity index (χ1n) is 21.8. The van der Waals surface area contributed by atoms with Crippen LogP contribution in [-0.4, -0.2) is 66.9 Å². The summed E-state index contributed by atoms with van der Waals surface area (Å²) in [5, 5.41) is 11.6. The molecule has 3 N–H and O–H groups in total. The van der Waals surface area contributed by atoms with E-state index in [0.717, 1.165) is 77.0 Å². The highest BCUT2D eigenvalue weighted by Crippen LogP contribution is 2.43. The van der Waals surface area contributed by atoms with Crippen molar-refractivity contribution in [3.63, 3.8) is 0 Å². The molecule has 0 radical (unpaired) electrons. The van der Waals surface area contributed by atoms with Crippen molar-refractivity contribution in [1.29, 1.82) is 0 Å². The Morgan fingerprint density at radius 1 is 0.564 bits per heavy atom.